The second-order valence-electron chi connectivity index (χ2n) is 5.52. The molecule has 0 aliphatic carbocycles. The first-order valence-corrected chi connectivity index (χ1v) is 8.93. The van der Waals surface area contributed by atoms with Gasteiger partial charge in [-0.25, -0.2) is 9.37 Å². The van der Waals surface area contributed by atoms with Gasteiger partial charge in [-0.1, -0.05) is 0 Å². The summed E-state index contributed by atoms with van der Waals surface area (Å²) in [7, 11) is 0. The Balaban J connectivity index is 1.74. The Labute approximate surface area is 148 Å². The van der Waals surface area contributed by atoms with Gasteiger partial charge in [0, 0.05) is 29.0 Å². The van der Waals surface area contributed by atoms with Gasteiger partial charge in [-0.3, -0.25) is 14.0 Å². The maximum absolute atomic E-state index is 13.4. The highest BCUT2D eigenvalue weighted by Crippen LogP contribution is 2.23. The van der Waals surface area contributed by atoms with E-state index in [1.165, 1.54) is 27.9 Å². The standard InChI is InChI=1S/C16H11BrFN3O2S/c17-9-5-13(24-8-9)16(23)20-4-3-12-11(7-20)15(22)21-6-10(18)1-2-14(21)19-12/h1-2,5-6,8H,3-4,7H2. The fraction of sp³-hybridized carbons (Fsp3) is 0.188. The van der Waals surface area contributed by atoms with Crippen molar-refractivity contribution in [1.82, 2.24) is 14.3 Å². The van der Waals surface area contributed by atoms with E-state index in [1.807, 2.05) is 5.38 Å². The molecule has 4 rings (SSSR count). The van der Waals surface area contributed by atoms with Gasteiger partial charge >= 0.3 is 0 Å². The van der Waals surface area contributed by atoms with Crippen molar-refractivity contribution in [2.24, 2.45) is 0 Å². The summed E-state index contributed by atoms with van der Waals surface area (Å²) < 4.78 is 15.5. The lowest BCUT2D eigenvalue weighted by molar-refractivity contribution is 0.0737. The molecule has 1 aliphatic heterocycles. The number of hydrogen-bond donors (Lipinski definition) is 0. The van der Waals surface area contributed by atoms with Crippen molar-refractivity contribution in [3.8, 4) is 0 Å². The Bertz CT molecular complexity index is 1030. The molecule has 0 saturated heterocycles. The van der Waals surface area contributed by atoms with Gasteiger partial charge < -0.3 is 4.90 Å². The third kappa shape index (κ3) is 2.55. The Hall–Kier alpha value is -2.06. The normalized spacial score (nSPS) is 14.0. The molecular weight excluding hydrogens is 397 g/mol. The van der Waals surface area contributed by atoms with Crippen molar-refractivity contribution in [2.45, 2.75) is 13.0 Å². The smallest absolute Gasteiger partial charge is 0.264 e. The van der Waals surface area contributed by atoms with Crippen LogP contribution in [0, 0.1) is 5.82 Å². The van der Waals surface area contributed by atoms with E-state index in [2.05, 4.69) is 20.9 Å². The monoisotopic (exact) mass is 407 g/mol. The summed E-state index contributed by atoms with van der Waals surface area (Å²) in [5, 5.41) is 1.85. The van der Waals surface area contributed by atoms with Crippen LogP contribution in [0.4, 0.5) is 4.39 Å². The molecule has 3 aromatic rings. The number of halogens is 2. The van der Waals surface area contributed by atoms with Gasteiger partial charge in [-0.15, -0.1) is 11.3 Å². The van der Waals surface area contributed by atoms with E-state index in [-0.39, 0.29) is 18.0 Å². The van der Waals surface area contributed by atoms with Crippen molar-refractivity contribution in [3.63, 3.8) is 0 Å². The molecule has 0 N–H and O–H groups in total. The van der Waals surface area contributed by atoms with Crippen LogP contribution >= 0.6 is 27.3 Å². The molecule has 0 spiro atoms. The van der Waals surface area contributed by atoms with Crippen molar-refractivity contribution in [2.75, 3.05) is 6.54 Å². The molecule has 0 bridgehead atoms. The number of hydrogen-bond acceptors (Lipinski definition) is 4. The quantitative estimate of drug-likeness (QED) is 0.623. The zero-order valence-corrected chi connectivity index (χ0v) is 14.7. The summed E-state index contributed by atoms with van der Waals surface area (Å²) in [6.45, 7) is 0.695. The summed E-state index contributed by atoms with van der Waals surface area (Å²) in [6.07, 6.45) is 1.64. The van der Waals surface area contributed by atoms with Gasteiger partial charge in [0.15, 0.2) is 0 Å². The van der Waals surface area contributed by atoms with Crippen LogP contribution in [0.3, 0.4) is 0 Å². The molecule has 5 nitrogen and oxygen atoms in total. The lowest BCUT2D eigenvalue weighted by Gasteiger charge is -2.27. The highest BCUT2D eigenvalue weighted by atomic mass is 79.9. The SMILES string of the molecule is O=C(c1cc(Br)cs1)N1CCc2nc3ccc(F)cn3c(=O)c2C1. The van der Waals surface area contributed by atoms with Gasteiger partial charge in [-0.05, 0) is 34.1 Å². The van der Waals surface area contributed by atoms with Crippen LogP contribution in [-0.2, 0) is 13.0 Å². The Kier molecular flexibility index (Phi) is 3.73. The van der Waals surface area contributed by atoms with Crippen LogP contribution in [0.15, 0.2) is 39.0 Å². The van der Waals surface area contributed by atoms with Crippen LogP contribution in [0.1, 0.15) is 20.9 Å². The topological polar surface area (TPSA) is 54.7 Å². The van der Waals surface area contributed by atoms with Gasteiger partial charge in [0.2, 0.25) is 0 Å². The fourth-order valence-electron chi connectivity index (χ4n) is 2.83. The molecule has 24 heavy (non-hydrogen) atoms. The van der Waals surface area contributed by atoms with Gasteiger partial charge in [0.1, 0.15) is 11.5 Å². The first kappa shape index (κ1) is 15.5. The molecule has 4 heterocycles. The third-order valence-electron chi connectivity index (χ3n) is 4.00. The Morgan fingerprint density at radius 3 is 2.96 bits per heavy atom. The number of nitrogens with zero attached hydrogens (tertiary/aromatic N) is 3. The van der Waals surface area contributed by atoms with E-state index in [1.54, 1.807) is 11.0 Å². The van der Waals surface area contributed by atoms with E-state index in [9.17, 15) is 14.0 Å². The predicted molar refractivity (Wildman–Crippen MR) is 91.9 cm³/mol. The number of thiophene rings is 1. The average Bonchev–Trinajstić information content (AvgIpc) is 3.01. The molecule has 0 radical (unpaired) electrons. The number of fused-ring (bicyclic) bond motifs is 2. The highest BCUT2D eigenvalue weighted by molar-refractivity contribution is 9.10. The zero-order chi connectivity index (χ0) is 16.8. The second-order valence-corrected chi connectivity index (χ2v) is 7.35. The molecule has 0 saturated carbocycles. The number of aromatic nitrogens is 2. The summed E-state index contributed by atoms with van der Waals surface area (Å²) in [5.41, 5.74) is 1.23. The first-order chi connectivity index (χ1) is 11.5. The summed E-state index contributed by atoms with van der Waals surface area (Å²) >= 11 is 4.69. The first-order valence-electron chi connectivity index (χ1n) is 7.26. The molecule has 1 amide bonds. The van der Waals surface area contributed by atoms with Crippen LogP contribution in [-0.4, -0.2) is 26.7 Å². The Morgan fingerprint density at radius 2 is 2.21 bits per heavy atom. The van der Waals surface area contributed by atoms with Crippen LogP contribution in [0.5, 0.6) is 0 Å². The largest absolute Gasteiger partial charge is 0.333 e. The number of carbonyl (C=O) groups is 1. The number of rotatable bonds is 1. The lowest BCUT2D eigenvalue weighted by atomic mass is 10.1. The maximum Gasteiger partial charge on any atom is 0.264 e. The van der Waals surface area contributed by atoms with E-state index in [0.717, 1.165) is 10.7 Å². The number of pyridine rings is 1. The van der Waals surface area contributed by atoms with Crippen molar-refractivity contribution >= 4 is 38.8 Å². The van der Waals surface area contributed by atoms with E-state index in [4.69, 9.17) is 0 Å². The van der Waals surface area contributed by atoms with Crippen molar-refractivity contribution < 1.29 is 9.18 Å². The molecule has 0 aromatic carbocycles. The fourth-order valence-corrected chi connectivity index (χ4v) is 4.22. The number of amides is 1. The van der Waals surface area contributed by atoms with E-state index < -0.39 is 5.82 Å². The molecule has 1 aliphatic rings. The molecule has 122 valence electrons. The summed E-state index contributed by atoms with van der Waals surface area (Å²) in [5.74, 6) is -0.612. The van der Waals surface area contributed by atoms with Crippen LogP contribution in [0.25, 0.3) is 5.65 Å². The second kappa shape index (κ2) is 5.78. The lowest BCUT2D eigenvalue weighted by Crippen LogP contribution is -2.40. The van der Waals surface area contributed by atoms with E-state index in [0.29, 0.717) is 34.7 Å². The molecular formula is C16H11BrFN3O2S. The van der Waals surface area contributed by atoms with Crippen LogP contribution < -0.4 is 5.56 Å². The molecule has 0 atom stereocenters. The van der Waals surface area contributed by atoms with Crippen LogP contribution in [0.2, 0.25) is 0 Å². The zero-order valence-electron chi connectivity index (χ0n) is 12.3. The maximum atomic E-state index is 13.4. The van der Waals surface area contributed by atoms with Crippen molar-refractivity contribution in [3.05, 3.63) is 66.6 Å². The molecule has 8 heteroatoms. The van der Waals surface area contributed by atoms with Gasteiger partial charge in [0.05, 0.1) is 22.7 Å². The Morgan fingerprint density at radius 1 is 1.38 bits per heavy atom. The summed E-state index contributed by atoms with van der Waals surface area (Å²) in [6, 6.07) is 4.53. The predicted octanol–water partition coefficient (Wildman–Crippen LogP) is 2.86. The minimum atomic E-state index is -0.501. The molecule has 0 unspecified atom stereocenters. The van der Waals surface area contributed by atoms with Gasteiger partial charge in [-0.2, -0.15) is 0 Å². The molecule has 3 aromatic heterocycles. The van der Waals surface area contributed by atoms with Gasteiger partial charge in [0.25, 0.3) is 11.5 Å². The minimum absolute atomic E-state index is 0.111. The minimum Gasteiger partial charge on any atom is -0.333 e. The molecule has 0 fully saturated rings. The van der Waals surface area contributed by atoms with Crippen molar-refractivity contribution in [1.29, 1.82) is 0 Å². The summed E-state index contributed by atoms with van der Waals surface area (Å²) in [4.78, 5) is 31.9. The third-order valence-corrected chi connectivity index (χ3v) is 5.68. The van der Waals surface area contributed by atoms with E-state index >= 15 is 0 Å². The number of carbonyl (C=O) groups excluding carboxylic acids is 1. The highest BCUT2D eigenvalue weighted by Gasteiger charge is 2.26. The average molecular weight is 408 g/mol.